The van der Waals surface area contributed by atoms with Crippen molar-refractivity contribution in [3.05, 3.63) is 23.8 Å². The van der Waals surface area contributed by atoms with Gasteiger partial charge in [-0.15, -0.1) is 0 Å². The normalized spacial score (nSPS) is 27.0. The lowest BCUT2D eigenvalue weighted by atomic mass is 9.87. The number of alkyl halides is 1. The fourth-order valence-corrected chi connectivity index (χ4v) is 5.16. The maximum atomic E-state index is 6.76. The smallest absolute Gasteiger partial charge is 0.199 e. The van der Waals surface area contributed by atoms with Gasteiger partial charge in [0.1, 0.15) is 6.10 Å². The highest BCUT2D eigenvalue weighted by atomic mass is 79.9. The first-order valence-electron chi connectivity index (χ1n) is 10.3. The van der Waals surface area contributed by atoms with Gasteiger partial charge in [-0.3, -0.25) is 0 Å². The summed E-state index contributed by atoms with van der Waals surface area (Å²) < 4.78 is 13.2. The molecule has 0 fully saturated rings. The Morgan fingerprint density at radius 1 is 1.18 bits per heavy atom. The summed E-state index contributed by atoms with van der Waals surface area (Å²) in [4.78, 5) is 0.910. The molecule has 2 nitrogen and oxygen atoms in total. The average molecular weight is 486 g/mol. The van der Waals surface area contributed by atoms with Crippen LogP contribution >= 0.6 is 15.9 Å². The lowest BCUT2D eigenvalue weighted by Crippen LogP contribution is -2.44. The Hall–Kier alpha value is -0.126. The molecule has 2 unspecified atom stereocenters. The van der Waals surface area contributed by atoms with Crippen molar-refractivity contribution in [2.45, 2.75) is 97.8 Å². The summed E-state index contributed by atoms with van der Waals surface area (Å²) in [7, 11) is -3.63. The lowest BCUT2D eigenvalue weighted by Gasteiger charge is -2.39. The third-order valence-electron chi connectivity index (χ3n) is 5.72. The van der Waals surface area contributed by atoms with Gasteiger partial charge in [-0.05, 0) is 61.6 Å². The van der Waals surface area contributed by atoms with Gasteiger partial charge in [-0.2, -0.15) is 0 Å². The van der Waals surface area contributed by atoms with E-state index in [0.717, 1.165) is 17.8 Å². The highest BCUT2D eigenvalue weighted by molar-refractivity contribution is 9.09. The van der Waals surface area contributed by atoms with E-state index in [2.05, 4.69) is 114 Å². The maximum absolute atomic E-state index is 6.76. The van der Waals surface area contributed by atoms with Gasteiger partial charge in [-0.1, -0.05) is 74.5 Å². The maximum Gasteiger partial charge on any atom is 0.199 e. The number of allylic oxidation sites excluding steroid dienone is 2. The first kappa shape index (κ1) is 25.9. The van der Waals surface area contributed by atoms with Gasteiger partial charge in [0.15, 0.2) is 16.6 Å². The summed E-state index contributed by atoms with van der Waals surface area (Å²) in [5.74, 6) is 6.78. The topological polar surface area (TPSA) is 18.5 Å². The van der Waals surface area contributed by atoms with Gasteiger partial charge in [0.25, 0.3) is 0 Å². The monoisotopic (exact) mass is 484 g/mol. The van der Waals surface area contributed by atoms with Crippen molar-refractivity contribution in [1.29, 1.82) is 0 Å². The van der Waals surface area contributed by atoms with Crippen LogP contribution in [0, 0.1) is 17.3 Å². The molecular weight excluding hydrogens is 444 g/mol. The quantitative estimate of drug-likeness (QED) is 0.177. The van der Waals surface area contributed by atoms with E-state index in [1.54, 1.807) is 0 Å². The first-order chi connectivity index (χ1) is 12.6. The lowest BCUT2D eigenvalue weighted by molar-refractivity contribution is 0.218. The molecule has 0 radical (unpaired) electrons. The predicted molar refractivity (Wildman–Crippen MR) is 132 cm³/mol. The van der Waals surface area contributed by atoms with E-state index >= 15 is 0 Å². The van der Waals surface area contributed by atoms with Crippen LogP contribution < -0.4 is 0 Å². The second-order valence-electron chi connectivity index (χ2n) is 10.8. The van der Waals surface area contributed by atoms with Gasteiger partial charge in [0, 0.05) is 11.4 Å². The van der Waals surface area contributed by atoms with Crippen molar-refractivity contribution in [1.82, 2.24) is 0 Å². The first-order valence-corrected chi connectivity index (χ1v) is 17.5. The third kappa shape index (κ3) is 8.32. The van der Waals surface area contributed by atoms with E-state index in [1.807, 2.05) is 0 Å². The Bertz CT molecular complexity index is 646. The zero-order valence-corrected chi connectivity index (χ0v) is 23.3. The molecule has 1 rings (SSSR count). The van der Waals surface area contributed by atoms with Gasteiger partial charge in [0.2, 0.25) is 0 Å². The van der Waals surface area contributed by atoms with Gasteiger partial charge >= 0.3 is 0 Å². The molecule has 0 bridgehead atoms. The minimum atomic E-state index is -1.87. The highest BCUT2D eigenvalue weighted by Crippen LogP contribution is 2.38. The number of hydrogen-bond donors (Lipinski definition) is 0. The van der Waals surface area contributed by atoms with Crippen molar-refractivity contribution in [2.24, 2.45) is 5.41 Å². The molecule has 0 N–H and O–H groups in total. The Labute approximate surface area is 184 Å². The summed E-state index contributed by atoms with van der Waals surface area (Å²) in [6, 6.07) is 0. The van der Waals surface area contributed by atoms with Crippen LogP contribution in [0.4, 0.5) is 0 Å². The molecule has 0 aromatic carbocycles. The molecule has 0 heterocycles. The van der Waals surface area contributed by atoms with Crippen LogP contribution in [-0.2, 0) is 8.85 Å². The molecule has 0 amide bonds. The summed E-state index contributed by atoms with van der Waals surface area (Å²) in [5.41, 5.74) is 1.37. The van der Waals surface area contributed by atoms with Crippen molar-refractivity contribution >= 4 is 32.6 Å². The van der Waals surface area contributed by atoms with Gasteiger partial charge in [0.05, 0.1) is 6.10 Å². The highest BCUT2D eigenvalue weighted by Gasteiger charge is 2.39. The summed E-state index contributed by atoms with van der Waals surface area (Å²) in [6.45, 7) is 22.7. The molecule has 160 valence electrons. The standard InChI is InChI=1S/C23H41BrO2Si2/c1-19-14-16-23(5,6)17-15-20(25-27(7,8)18-24)12-11-13-21(19)26-28(9,10)22(2,3)4/h14-15,17,20-21H,13,16,18H2,1-10H3/b17-15+,19-14-. The van der Waals surface area contributed by atoms with Crippen molar-refractivity contribution in [3.8, 4) is 11.8 Å². The van der Waals surface area contributed by atoms with E-state index in [-0.39, 0.29) is 22.7 Å². The molecule has 1 aliphatic carbocycles. The van der Waals surface area contributed by atoms with Gasteiger partial charge < -0.3 is 8.85 Å². The van der Waals surface area contributed by atoms with Crippen LogP contribution in [0.5, 0.6) is 0 Å². The molecule has 5 heteroatoms. The summed E-state index contributed by atoms with van der Waals surface area (Å²) in [6.07, 6.45) is 8.39. The van der Waals surface area contributed by atoms with E-state index in [0.29, 0.717) is 0 Å². The zero-order valence-electron chi connectivity index (χ0n) is 19.7. The van der Waals surface area contributed by atoms with Crippen molar-refractivity contribution in [2.75, 3.05) is 4.95 Å². The minimum Gasteiger partial charge on any atom is -0.409 e. The summed E-state index contributed by atoms with van der Waals surface area (Å²) in [5, 5.41) is 0.185. The van der Waals surface area contributed by atoms with Crippen LogP contribution in [0.25, 0.3) is 0 Å². The number of hydrogen-bond acceptors (Lipinski definition) is 2. The number of halogens is 1. The van der Waals surface area contributed by atoms with E-state index in [4.69, 9.17) is 8.85 Å². The molecule has 0 aromatic rings. The molecular formula is C23H41BrO2Si2. The Kier molecular flexibility index (Phi) is 9.06. The van der Waals surface area contributed by atoms with Crippen LogP contribution in [0.3, 0.4) is 0 Å². The fourth-order valence-electron chi connectivity index (χ4n) is 2.54. The molecule has 0 spiro atoms. The Morgan fingerprint density at radius 3 is 2.32 bits per heavy atom. The Morgan fingerprint density at radius 2 is 1.79 bits per heavy atom. The van der Waals surface area contributed by atoms with Crippen LogP contribution in [0.1, 0.15) is 54.4 Å². The second kappa shape index (κ2) is 9.79. The zero-order chi connectivity index (χ0) is 21.8. The van der Waals surface area contributed by atoms with Crippen LogP contribution in [-0.4, -0.2) is 33.8 Å². The van der Waals surface area contributed by atoms with Crippen LogP contribution in [0.15, 0.2) is 23.8 Å². The fraction of sp³-hybridized carbons (Fsp3) is 0.739. The molecule has 28 heavy (non-hydrogen) atoms. The molecule has 0 aromatic heterocycles. The van der Waals surface area contributed by atoms with E-state index in [9.17, 15) is 0 Å². The van der Waals surface area contributed by atoms with Crippen LogP contribution in [0.2, 0.25) is 31.2 Å². The largest absolute Gasteiger partial charge is 0.409 e. The van der Waals surface area contributed by atoms with Crippen molar-refractivity contribution < 1.29 is 8.85 Å². The Balaban J connectivity index is 3.20. The minimum absolute atomic E-state index is 0.0596. The van der Waals surface area contributed by atoms with Gasteiger partial charge in [-0.25, -0.2) is 0 Å². The molecule has 0 saturated carbocycles. The SMILES string of the molecule is C/C1=C/CC(C)(C)/C=C/C(O[Si](C)(C)CBr)C#CCC1O[Si](C)(C)C(C)(C)C. The molecule has 2 atom stereocenters. The second-order valence-corrected chi connectivity index (χ2v) is 21.3. The molecule has 0 aliphatic heterocycles. The predicted octanol–water partition coefficient (Wildman–Crippen LogP) is 7.23. The van der Waals surface area contributed by atoms with Crippen molar-refractivity contribution in [3.63, 3.8) is 0 Å². The number of rotatable bonds is 5. The van der Waals surface area contributed by atoms with E-state index in [1.165, 1.54) is 5.57 Å². The molecule has 0 saturated heterocycles. The summed E-state index contributed by atoms with van der Waals surface area (Å²) >= 11 is 3.61. The average Bonchev–Trinajstić information content (AvgIpc) is 2.56. The molecule has 1 aliphatic rings. The van der Waals surface area contributed by atoms with E-state index < -0.39 is 16.6 Å². The third-order valence-corrected chi connectivity index (χ3v) is 15.8.